The van der Waals surface area contributed by atoms with E-state index in [9.17, 15) is 14.4 Å². The summed E-state index contributed by atoms with van der Waals surface area (Å²) in [5, 5.41) is 0. The standard InChI is InChI=1S/C19H24N2O3/c1-13-8-9-15-16(12-13)19(24)21(18(15)23)11-10-17(22)20(2)14-6-4-3-5-7-14/h8-9,12,14H,3-7,10-11H2,1-2H3. The molecule has 1 fully saturated rings. The van der Waals surface area contributed by atoms with Crippen LogP contribution in [0.4, 0.5) is 0 Å². The Labute approximate surface area is 142 Å². The summed E-state index contributed by atoms with van der Waals surface area (Å²) in [5.74, 6) is -0.565. The van der Waals surface area contributed by atoms with Gasteiger partial charge in [-0.25, -0.2) is 0 Å². The van der Waals surface area contributed by atoms with Crippen LogP contribution >= 0.6 is 0 Å². The van der Waals surface area contributed by atoms with Gasteiger partial charge in [0.05, 0.1) is 11.1 Å². The Hall–Kier alpha value is -2.17. The Balaban J connectivity index is 1.62. The molecule has 3 amide bonds. The number of rotatable bonds is 4. The van der Waals surface area contributed by atoms with Crippen LogP contribution in [0, 0.1) is 6.92 Å². The van der Waals surface area contributed by atoms with Crippen molar-refractivity contribution in [3.63, 3.8) is 0 Å². The minimum Gasteiger partial charge on any atom is -0.343 e. The highest BCUT2D eigenvalue weighted by molar-refractivity contribution is 6.21. The molecular formula is C19H24N2O3. The zero-order valence-electron chi connectivity index (χ0n) is 14.4. The molecule has 0 N–H and O–H groups in total. The van der Waals surface area contributed by atoms with Crippen molar-refractivity contribution < 1.29 is 14.4 Å². The quantitative estimate of drug-likeness (QED) is 0.799. The number of carbonyl (C=O) groups excluding carboxylic acids is 3. The van der Waals surface area contributed by atoms with Gasteiger partial charge in [0.2, 0.25) is 5.91 Å². The van der Waals surface area contributed by atoms with Crippen molar-refractivity contribution in [2.24, 2.45) is 0 Å². The van der Waals surface area contributed by atoms with Gasteiger partial charge in [0, 0.05) is 26.1 Å². The van der Waals surface area contributed by atoms with Crippen LogP contribution in [0.2, 0.25) is 0 Å². The maximum absolute atomic E-state index is 12.4. The molecule has 0 radical (unpaired) electrons. The van der Waals surface area contributed by atoms with E-state index in [0.29, 0.717) is 17.2 Å². The van der Waals surface area contributed by atoms with Gasteiger partial charge in [-0.3, -0.25) is 19.3 Å². The van der Waals surface area contributed by atoms with E-state index >= 15 is 0 Å². The van der Waals surface area contributed by atoms with Gasteiger partial charge >= 0.3 is 0 Å². The number of nitrogens with zero attached hydrogens (tertiary/aromatic N) is 2. The van der Waals surface area contributed by atoms with E-state index in [4.69, 9.17) is 0 Å². The lowest BCUT2D eigenvalue weighted by Crippen LogP contribution is -2.40. The summed E-state index contributed by atoms with van der Waals surface area (Å²) in [6.45, 7) is 2.05. The van der Waals surface area contributed by atoms with E-state index in [2.05, 4.69) is 0 Å². The van der Waals surface area contributed by atoms with Crippen LogP contribution in [-0.4, -0.2) is 47.2 Å². The first-order valence-corrected chi connectivity index (χ1v) is 8.71. The highest BCUT2D eigenvalue weighted by Crippen LogP contribution is 2.25. The molecule has 0 aromatic heterocycles. The summed E-state index contributed by atoms with van der Waals surface area (Å²) in [4.78, 5) is 40.2. The summed E-state index contributed by atoms with van der Waals surface area (Å²) in [5.41, 5.74) is 1.84. The van der Waals surface area contributed by atoms with Gasteiger partial charge in [0.1, 0.15) is 0 Å². The SMILES string of the molecule is Cc1ccc2c(c1)C(=O)N(CCC(=O)N(C)C1CCCCC1)C2=O. The molecule has 128 valence electrons. The fraction of sp³-hybridized carbons (Fsp3) is 0.526. The van der Waals surface area contributed by atoms with Crippen molar-refractivity contribution in [1.29, 1.82) is 0 Å². The van der Waals surface area contributed by atoms with Gasteiger partial charge in [0.15, 0.2) is 0 Å². The molecule has 1 aliphatic heterocycles. The van der Waals surface area contributed by atoms with Crippen LogP contribution in [0.1, 0.15) is 64.8 Å². The Kier molecular flexibility index (Phi) is 4.69. The van der Waals surface area contributed by atoms with E-state index in [1.165, 1.54) is 24.2 Å². The summed E-state index contributed by atoms with van der Waals surface area (Å²) in [6, 6.07) is 5.57. The highest BCUT2D eigenvalue weighted by atomic mass is 16.2. The van der Waals surface area contributed by atoms with Crippen LogP contribution in [-0.2, 0) is 4.79 Å². The zero-order chi connectivity index (χ0) is 17.3. The molecule has 24 heavy (non-hydrogen) atoms. The van der Waals surface area contributed by atoms with Crippen molar-refractivity contribution in [2.75, 3.05) is 13.6 Å². The average Bonchev–Trinajstić information content (AvgIpc) is 2.83. The minimum atomic E-state index is -0.289. The third-order valence-corrected chi connectivity index (χ3v) is 5.19. The Morgan fingerprint density at radius 1 is 1.12 bits per heavy atom. The highest BCUT2D eigenvalue weighted by Gasteiger charge is 2.35. The first-order chi connectivity index (χ1) is 11.5. The van der Waals surface area contributed by atoms with E-state index in [1.807, 2.05) is 24.9 Å². The third kappa shape index (κ3) is 3.07. The monoisotopic (exact) mass is 328 g/mol. The van der Waals surface area contributed by atoms with Gasteiger partial charge in [0.25, 0.3) is 11.8 Å². The zero-order valence-corrected chi connectivity index (χ0v) is 14.4. The van der Waals surface area contributed by atoms with Crippen LogP contribution in [0.25, 0.3) is 0 Å². The second-order valence-corrected chi connectivity index (χ2v) is 6.86. The first-order valence-electron chi connectivity index (χ1n) is 8.71. The van der Waals surface area contributed by atoms with Crippen LogP contribution in [0.15, 0.2) is 18.2 Å². The summed E-state index contributed by atoms with van der Waals surface area (Å²) in [7, 11) is 1.84. The Bertz CT molecular complexity index is 677. The Morgan fingerprint density at radius 3 is 2.50 bits per heavy atom. The molecule has 1 aromatic carbocycles. The molecule has 1 heterocycles. The van der Waals surface area contributed by atoms with Gasteiger partial charge in [-0.05, 0) is 31.9 Å². The molecule has 2 aliphatic rings. The predicted molar refractivity (Wildman–Crippen MR) is 90.8 cm³/mol. The number of hydrogen-bond acceptors (Lipinski definition) is 3. The predicted octanol–water partition coefficient (Wildman–Crippen LogP) is 2.77. The molecule has 0 unspecified atom stereocenters. The molecule has 5 nitrogen and oxygen atoms in total. The summed E-state index contributed by atoms with van der Waals surface area (Å²) >= 11 is 0. The van der Waals surface area contributed by atoms with E-state index in [-0.39, 0.29) is 30.7 Å². The molecular weight excluding hydrogens is 304 g/mol. The normalized spacial score (nSPS) is 18.0. The van der Waals surface area contributed by atoms with Crippen molar-refractivity contribution in [3.05, 3.63) is 34.9 Å². The van der Waals surface area contributed by atoms with Gasteiger partial charge < -0.3 is 4.90 Å². The molecule has 5 heteroatoms. The number of hydrogen-bond donors (Lipinski definition) is 0. The number of benzene rings is 1. The molecule has 0 atom stereocenters. The van der Waals surface area contributed by atoms with Crippen molar-refractivity contribution in [1.82, 2.24) is 9.80 Å². The number of amides is 3. The van der Waals surface area contributed by atoms with E-state index < -0.39 is 0 Å². The topological polar surface area (TPSA) is 57.7 Å². The number of aryl methyl sites for hydroxylation is 1. The van der Waals surface area contributed by atoms with Gasteiger partial charge in [-0.2, -0.15) is 0 Å². The fourth-order valence-electron chi connectivity index (χ4n) is 3.66. The molecule has 0 saturated heterocycles. The maximum Gasteiger partial charge on any atom is 0.261 e. The lowest BCUT2D eigenvalue weighted by atomic mass is 9.94. The van der Waals surface area contributed by atoms with Crippen LogP contribution in [0.3, 0.4) is 0 Å². The minimum absolute atomic E-state index is 0.00892. The average molecular weight is 328 g/mol. The number of imide groups is 1. The van der Waals surface area contributed by atoms with Crippen LogP contribution < -0.4 is 0 Å². The maximum atomic E-state index is 12.4. The molecule has 1 aromatic rings. The lowest BCUT2D eigenvalue weighted by Gasteiger charge is -2.31. The third-order valence-electron chi connectivity index (χ3n) is 5.19. The largest absolute Gasteiger partial charge is 0.343 e. The Morgan fingerprint density at radius 2 is 1.79 bits per heavy atom. The van der Waals surface area contributed by atoms with Crippen molar-refractivity contribution >= 4 is 17.7 Å². The molecule has 3 rings (SSSR count). The van der Waals surface area contributed by atoms with Gasteiger partial charge in [-0.15, -0.1) is 0 Å². The van der Waals surface area contributed by atoms with E-state index in [1.54, 1.807) is 12.1 Å². The summed E-state index contributed by atoms with van der Waals surface area (Å²) < 4.78 is 0. The summed E-state index contributed by atoms with van der Waals surface area (Å²) in [6.07, 6.45) is 5.87. The molecule has 1 aliphatic carbocycles. The van der Waals surface area contributed by atoms with Crippen LogP contribution in [0.5, 0.6) is 0 Å². The second-order valence-electron chi connectivity index (χ2n) is 6.86. The molecule has 0 bridgehead atoms. The van der Waals surface area contributed by atoms with Gasteiger partial charge in [-0.1, -0.05) is 30.9 Å². The van der Waals surface area contributed by atoms with Crippen molar-refractivity contribution in [3.8, 4) is 0 Å². The molecule has 0 spiro atoms. The smallest absolute Gasteiger partial charge is 0.261 e. The van der Waals surface area contributed by atoms with Crippen molar-refractivity contribution in [2.45, 2.75) is 51.5 Å². The number of fused-ring (bicyclic) bond motifs is 1. The lowest BCUT2D eigenvalue weighted by molar-refractivity contribution is -0.132. The molecule has 1 saturated carbocycles. The second kappa shape index (κ2) is 6.75. The number of carbonyl (C=O) groups is 3. The van der Waals surface area contributed by atoms with E-state index in [0.717, 1.165) is 18.4 Å². The fourth-order valence-corrected chi connectivity index (χ4v) is 3.66. The first kappa shape index (κ1) is 16.7.